The summed E-state index contributed by atoms with van der Waals surface area (Å²) in [5, 5.41) is 0.448. The molecule has 0 saturated heterocycles. The predicted molar refractivity (Wildman–Crippen MR) is 123 cm³/mol. The number of nitrogens with two attached hydrogens (primary N) is 1. The van der Waals surface area contributed by atoms with E-state index in [0.717, 1.165) is 28.7 Å². The molecule has 0 fully saturated rings. The molecule has 0 radical (unpaired) electrons. The van der Waals surface area contributed by atoms with Gasteiger partial charge in [0, 0.05) is 22.3 Å². The SMILES string of the molecule is NC1=N[C@@]2(CO1)c1cc(-c3cc(Cl)ccc3F)ccc1Oc1ncc(C3=CCCOC3)cc12. The monoisotopic (exact) mass is 463 g/mol. The molecular formula is C25H19ClFN3O3. The number of aliphatic imine (C=N–C) groups is 1. The zero-order valence-corrected chi connectivity index (χ0v) is 18.2. The number of benzene rings is 2. The molecule has 0 aliphatic carbocycles. The minimum Gasteiger partial charge on any atom is -0.462 e. The Labute approximate surface area is 194 Å². The van der Waals surface area contributed by atoms with Crippen LogP contribution in [0.4, 0.5) is 4.39 Å². The molecule has 2 N–H and O–H groups in total. The molecule has 2 aromatic carbocycles. The molecular weight excluding hydrogens is 445 g/mol. The van der Waals surface area contributed by atoms with Gasteiger partial charge in [-0.15, -0.1) is 0 Å². The van der Waals surface area contributed by atoms with Crippen LogP contribution in [-0.2, 0) is 15.0 Å². The lowest BCUT2D eigenvalue weighted by Gasteiger charge is -2.33. The molecule has 166 valence electrons. The number of amidine groups is 1. The molecule has 1 spiro atoms. The number of nitrogens with zero attached hydrogens (tertiary/aromatic N) is 2. The average molecular weight is 464 g/mol. The van der Waals surface area contributed by atoms with E-state index >= 15 is 0 Å². The number of hydrogen-bond acceptors (Lipinski definition) is 6. The molecule has 6 rings (SSSR count). The number of hydrogen-bond donors (Lipinski definition) is 1. The van der Waals surface area contributed by atoms with Crippen LogP contribution < -0.4 is 10.5 Å². The molecule has 4 heterocycles. The summed E-state index contributed by atoms with van der Waals surface area (Å²) >= 11 is 6.13. The van der Waals surface area contributed by atoms with Gasteiger partial charge in [-0.2, -0.15) is 0 Å². The minimum absolute atomic E-state index is 0.0822. The van der Waals surface area contributed by atoms with Crippen LogP contribution in [0, 0.1) is 5.82 Å². The Bertz CT molecular complexity index is 1360. The summed E-state index contributed by atoms with van der Waals surface area (Å²) in [6, 6.07) is 12.0. The molecule has 0 unspecified atom stereocenters. The fraction of sp³-hybridized carbons (Fsp3) is 0.200. The Morgan fingerprint density at radius 2 is 1.94 bits per heavy atom. The first kappa shape index (κ1) is 20.2. The van der Waals surface area contributed by atoms with E-state index in [1.807, 2.05) is 12.1 Å². The maximum atomic E-state index is 14.6. The number of halogens is 2. The van der Waals surface area contributed by atoms with Crippen LogP contribution in [0.5, 0.6) is 11.6 Å². The minimum atomic E-state index is -0.961. The Morgan fingerprint density at radius 1 is 1.06 bits per heavy atom. The molecule has 1 atom stereocenters. The van der Waals surface area contributed by atoms with Crippen LogP contribution in [0.3, 0.4) is 0 Å². The fourth-order valence-electron chi connectivity index (χ4n) is 4.55. The smallest absolute Gasteiger partial charge is 0.283 e. The number of pyridine rings is 1. The van der Waals surface area contributed by atoms with Crippen molar-refractivity contribution in [3.8, 4) is 22.8 Å². The van der Waals surface area contributed by atoms with Crippen LogP contribution in [0.15, 0.2) is 59.7 Å². The first-order valence-electron chi connectivity index (χ1n) is 10.6. The highest BCUT2D eigenvalue weighted by Gasteiger charge is 2.48. The summed E-state index contributed by atoms with van der Waals surface area (Å²) in [5.41, 5.74) is 9.51. The zero-order chi connectivity index (χ0) is 22.6. The van der Waals surface area contributed by atoms with Crippen LogP contribution in [0.2, 0.25) is 5.02 Å². The van der Waals surface area contributed by atoms with Crippen LogP contribution >= 0.6 is 11.6 Å². The maximum Gasteiger partial charge on any atom is 0.283 e. The largest absolute Gasteiger partial charge is 0.462 e. The van der Waals surface area contributed by atoms with Gasteiger partial charge in [-0.3, -0.25) is 0 Å². The lowest BCUT2D eigenvalue weighted by Crippen LogP contribution is -2.31. The molecule has 3 aliphatic heterocycles. The summed E-state index contributed by atoms with van der Waals surface area (Å²) in [4.78, 5) is 9.29. The van der Waals surface area contributed by atoms with E-state index < -0.39 is 5.54 Å². The Balaban J connectivity index is 1.54. The molecule has 6 nitrogen and oxygen atoms in total. The molecule has 0 bridgehead atoms. The maximum absolute atomic E-state index is 14.6. The standard InChI is InChI=1S/C25H19ClFN3O3/c26-17-4-5-21(27)18(10-17)14-3-6-22-19(8-14)25(13-32-24(28)30-25)20-9-16(11-29-23(20)33-22)15-2-1-7-31-12-15/h2-6,8-11H,1,7,12-13H2,(H2,28,30)/t25-/m0/s1. The molecule has 3 aliphatic rings. The lowest BCUT2D eigenvalue weighted by molar-refractivity contribution is 0.164. The highest BCUT2D eigenvalue weighted by Crippen LogP contribution is 2.51. The van der Waals surface area contributed by atoms with Gasteiger partial charge in [0.05, 0.1) is 18.8 Å². The summed E-state index contributed by atoms with van der Waals surface area (Å²) < 4.78 is 32.0. The molecule has 0 saturated carbocycles. The number of aromatic nitrogens is 1. The van der Waals surface area contributed by atoms with Crippen LogP contribution in [-0.4, -0.2) is 30.8 Å². The molecule has 3 aromatic rings. The van der Waals surface area contributed by atoms with Crippen molar-refractivity contribution >= 4 is 23.2 Å². The number of rotatable bonds is 2. The van der Waals surface area contributed by atoms with Gasteiger partial charge in [-0.1, -0.05) is 23.7 Å². The third-order valence-corrected chi connectivity index (χ3v) is 6.41. The second kappa shape index (κ2) is 7.57. The molecule has 1 aromatic heterocycles. The highest BCUT2D eigenvalue weighted by atomic mass is 35.5. The van der Waals surface area contributed by atoms with Crippen molar-refractivity contribution in [2.45, 2.75) is 12.0 Å². The third-order valence-electron chi connectivity index (χ3n) is 6.18. The zero-order valence-electron chi connectivity index (χ0n) is 17.5. The van der Waals surface area contributed by atoms with Gasteiger partial charge in [-0.05, 0) is 59.5 Å². The van der Waals surface area contributed by atoms with Gasteiger partial charge in [0.25, 0.3) is 6.02 Å². The van der Waals surface area contributed by atoms with Crippen molar-refractivity contribution in [3.05, 3.63) is 82.3 Å². The van der Waals surface area contributed by atoms with E-state index in [9.17, 15) is 4.39 Å². The molecule has 8 heteroatoms. The quantitative estimate of drug-likeness (QED) is 0.576. The second-order valence-electron chi connectivity index (χ2n) is 8.18. The first-order chi connectivity index (χ1) is 16.0. The summed E-state index contributed by atoms with van der Waals surface area (Å²) in [5.74, 6) is 0.632. The van der Waals surface area contributed by atoms with Crippen molar-refractivity contribution in [1.29, 1.82) is 0 Å². The van der Waals surface area contributed by atoms with E-state index in [1.54, 1.807) is 24.4 Å². The normalized spacial score (nSPS) is 20.9. The van der Waals surface area contributed by atoms with Crippen molar-refractivity contribution in [2.24, 2.45) is 10.7 Å². The topological polar surface area (TPSA) is 79.0 Å². The summed E-state index contributed by atoms with van der Waals surface area (Å²) in [7, 11) is 0. The third kappa shape index (κ3) is 3.27. The average Bonchev–Trinajstić information content (AvgIpc) is 3.23. The Kier molecular flexibility index (Phi) is 4.64. The van der Waals surface area contributed by atoms with Crippen LogP contribution in [0.25, 0.3) is 16.7 Å². The summed E-state index contributed by atoms with van der Waals surface area (Å²) in [6.45, 7) is 1.41. The Hall–Kier alpha value is -3.42. The van der Waals surface area contributed by atoms with E-state index in [1.165, 1.54) is 12.1 Å². The molecule has 0 amide bonds. The fourth-order valence-corrected chi connectivity index (χ4v) is 4.72. The van der Waals surface area contributed by atoms with Gasteiger partial charge in [0.15, 0.2) is 5.54 Å². The van der Waals surface area contributed by atoms with Crippen LogP contribution in [0.1, 0.15) is 23.1 Å². The van der Waals surface area contributed by atoms with E-state index in [4.69, 9.17) is 36.5 Å². The number of fused-ring (bicyclic) bond motifs is 4. The van der Waals surface area contributed by atoms with E-state index in [-0.39, 0.29) is 18.4 Å². The van der Waals surface area contributed by atoms with Crippen molar-refractivity contribution < 1.29 is 18.6 Å². The van der Waals surface area contributed by atoms with Crippen molar-refractivity contribution in [1.82, 2.24) is 4.98 Å². The van der Waals surface area contributed by atoms with Gasteiger partial charge in [-0.25, -0.2) is 14.4 Å². The predicted octanol–water partition coefficient (Wildman–Crippen LogP) is 5.04. The van der Waals surface area contributed by atoms with Gasteiger partial charge in [0.1, 0.15) is 18.2 Å². The lowest BCUT2D eigenvalue weighted by atomic mass is 9.80. The summed E-state index contributed by atoms with van der Waals surface area (Å²) in [6.07, 6.45) is 4.77. The van der Waals surface area contributed by atoms with Gasteiger partial charge in [0.2, 0.25) is 5.88 Å². The van der Waals surface area contributed by atoms with Crippen molar-refractivity contribution in [3.63, 3.8) is 0 Å². The first-order valence-corrected chi connectivity index (χ1v) is 10.9. The molecule has 33 heavy (non-hydrogen) atoms. The van der Waals surface area contributed by atoms with E-state index in [2.05, 4.69) is 11.1 Å². The number of ether oxygens (including phenoxy) is 3. The highest BCUT2D eigenvalue weighted by molar-refractivity contribution is 6.30. The van der Waals surface area contributed by atoms with Gasteiger partial charge >= 0.3 is 0 Å². The van der Waals surface area contributed by atoms with Crippen molar-refractivity contribution in [2.75, 3.05) is 19.8 Å². The van der Waals surface area contributed by atoms with E-state index in [0.29, 0.717) is 41.0 Å². The van der Waals surface area contributed by atoms with Gasteiger partial charge < -0.3 is 19.9 Å². The second-order valence-corrected chi connectivity index (χ2v) is 8.62. The Morgan fingerprint density at radius 3 is 2.73 bits per heavy atom.